The number of guanidine groups is 1. The lowest BCUT2D eigenvalue weighted by Crippen LogP contribution is -2.48. The molecule has 0 aromatic rings. The normalized spacial score (nSPS) is 21.5. The molecule has 1 heterocycles. The summed E-state index contributed by atoms with van der Waals surface area (Å²) in [4.78, 5) is 6.80. The second kappa shape index (κ2) is 10.7. The van der Waals surface area contributed by atoms with Gasteiger partial charge in [-0.3, -0.25) is 9.89 Å². The van der Waals surface area contributed by atoms with E-state index in [1.807, 2.05) is 7.05 Å². The number of hydrogen-bond donors (Lipinski definition) is 2. The van der Waals surface area contributed by atoms with Gasteiger partial charge < -0.3 is 15.4 Å². The van der Waals surface area contributed by atoms with Crippen molar-refractivity contribution in [3.05, 3.63) is 0 Å². The smallest absolute Gasteiger partial charge is 0.191 e. The van der Waals surface area contributed by atoms with Gasteiger partial charge in [0.1, 0.15) is 0 Å². The summed E-state index contributed by atoms with van der Waals surface area (Å²) in [7, 11) is 1.86. The Hall–Kier alpha value is -0.0800. The van der Waals surface area contributed by atoms with Gasteiger partial charge >= 0.3 is 0 Å². The molecule has 0 amide bonds. The molecular weight excluding hydrogens is 403 g/mol. The average molecular weight is 438 g/mol. The van der Waals surface area contributed by atoms with Crippen molar-refractivity contribution in [2.24, 2.45) is 16.3 Å². The number of halogens is 1. The van der Waals surface area contributed by atoms with Gasteiger partial charge in [0.2, 0.25) is 0 Å². The van der Waals surface area contributed by atoms with E-state index >= 15 is 0 Å². The highest BCUT2D eigenvalue weighted by atomic mass is 127. The summed E-state index contributed by atoms with van der Waals surface area (Å²) in [5.41, 5.74) is 0.510. The van der Waals surface area contributed by atoms with Crippen molar-refractivity contribution < 1.29 is 4.74 Å². The molecule has 0 spiro atoms. The van der Waals surface area contributed by atoms with Crippen molar-refractivity contribution in [2.45, 2.75) is 39.5 Å². The van der Waals surface area contributed by atoms with E-state index in [9.17, 15) is 0 Å². The van der Waals surface area contributed by atoms with E-state index in [-0.39, 0.29) is 24.0 Å². The molecule has 0 aromatic carbocycles. The molecule has 5 nitrogen and oxygen atoms in total. The van der Waals surface area contributed by atoms with Crippen LogP contribution < -0.4 is 10.6 Å². The molecular formula is C17H35IN4O. The third kappa shape index (κ3) is 7.13. The number of nitrogens with zero attached hydrogens (tertiary/aromatic N) is 2. The van der Waals surface area contributed by atoms with Crippen LogP contribution >= 0.6 is 24.0 Å². The van der Waals surface area contributed by atoms with Crippen LogP contribution in [-0.2, 0) is 4.74 Å². The van der Waals surface area contributed by atoms with Crippen LogP contribution in [0.3, 0.4) is 0 Å². The molecule has 0 unspecified atom stereocenters. The lowest BCUT2D eigenvalue weighted by molar-refractivity contribution is 0.0389. The molecule has 2 fully saturated rings. The Labute approximate surface area is 159 Å². The zero-order valence-corrected chi connectivity index (χ0v) is 17.4. The van der Waals surface area contributed by atoms with Crippen LogP contribution in [0.4, 0.5) is 0 Å². The minimum Gasteiger partial charge on any atom is -0.379 e. The highest BCUT2D eigenvalue weighted by Gasteiger charge is 2.37. The maximum Gasteiger partial charge on any atom is 0.191 e. The second-order valence-corrected chi connectivity index (χ2v) is 7.26. The predicted octanol–water partition coefficient (Wildman–Crippen LogP) is 2.32. The van der Waals surface area contributed by atoms with Gasteiger partial charge in [0.25, 0.3) is 0 Å². The Morgan fingerprint density at radius 1 is 1.22 bits per heavy atom. The number of nitrogens with one attached hydrogen (secondary N) is 2. The van der Waals surface area contributed by atoms with Gasteiger partial charge in [0.05, 0.1) is 13.2 Å². The van der Waals surface area contributed by atoms with E-state index in [0.717, 1.165) is 57.8 Å². The van der Waals surface area contributed by atoms with E-state index in [1.165, 1.54) is 25.7 Å². The third-order valence-electron chi connectivity index (χ3n) is 4.93. The lowest BCUT2D eigenvalue weighted by Gasteiger charge is -2.43. The third-order valence-corrected chi connectivity index (χ3v) is 4.93. The molecule has 2 aliphatic rings. The molecule has 2 rings (SSSR count). The van der Waals surface area contributed by atoms with Gasteiger partial charge in [0.15, 0.2) is 5.96 Å². The van der Waals surface area contributed by atoms with E-state index in [4.69, 9.17) is 4.74 Å². The van der Waals surface area contributed by atoms with Gasteiger partial charge in [0, 0.05) is 39.8 Å². The van der Waals surface area contributed by atoms with Gasteiger partial charge in [-0.25, -0.2) is 0 Å². The van der Waals surface area contributed by atoms with E-state index < -0.39 is 0 Å². The molecule has 0 aromatic heterocycles. The highest BCUT2D eigenvalue weighted by molar-refractivity contribution is 14.0. The molecule has 1 saturated carbocycles. The summed E-state index contributed by atoms with van der Waals surface area (Å²) in [5, 5.41) is 7.00. The fraction of sp³-hybridized carbons (Fsp3) is 0.941. The molecule has 0 bridgehead atoms. The van der Waals surface area contributed by atoms with Crippen LogP contribution in [0.25, 0.3) is 0 Å². The molecule has 1 aliphatic carbocycles. The lowest BCUT2D eigenvalue weighted by atomic mass is 9.64. The molecule has 6 heteroatoms. The Kier molecular flexibility index (Phi) is 9.77. The Morgan fingerprint density at radius 2 is 1.91 bits per heavy atom. The van der Waals surface area contributed by atoms with Crippen molar-refractivity contribution in [1.82, 2.24) is 15.5 Å². The van der Waals surface area contributed by atoms with Crippen molar-refractivity contribution in [3.8, 4) is 0 Å². The van der Waals surface area contributed by atoms with Gasteiger partial charge in [-0.05, 0) is 30.6 Å². The first-order valence-corrected chi connectivity index (χ1v) is 8.88. The summed E-state index contributed by atoms with van der Waals surface area (Å²) in [6, 6.07) is 0. The number of rotatable bonds is 7. The first-order valence-electron chi connectivity index (χ1n) is 8.88. The fourth-order valence-electron chi connectivity index (χ4n) is 3.64. The maximum atomic E-state index is 5.38. The van der Waals surface area contributed by atoms with Crippen molar-refractivity contribution in [2.75, 3.05) is 53.0 Å². The van der Waals surface area contributed by atoms with E-state index in [2.05, 4.69) is 34.4 Å². The van der Waals surface area contributed by atoms with Crippen LogP contribution in [-0.4, -0.2) is 63.8 Å². The predicted molar refractivity (Wildman–Crippen MR) is 108 cm³/mol. The standard InChI is InChI=1S/C17H34N4O.HI/c1-15(2)13-17(5-4-6-17)14-20-16(18-3)19-7-8-21-9-11-22-12-10-21;/h15H,4-14H2,1-3H3,(H2,18,19,20);1H. The van der Waals surface area contributed by atoms with Crippen molar-refractivity contribution in [3.63, 3.8) is 0 Å². The van der Waals surface area contributed by atoms with Crippen LogP contribution in [0.2, 0.25) is 0 Å². The van der Waals surface area contributed by atoms with Crippen LogP contribution in [0.5, 0.6) is 0 Å². The topological polar surface area (TPSA) is 48.9 Å². The molecule has 0 atom stereocenters. The minimum atomic E-state index is 0. The molecule has 2 N–H and O–H groups in total. The van der Waals surface area contributed by atoms with E-state index in [0.29, 0.717) is 5.41 Å². The second-order valence-electron chi connectivity index (χ2n) is 7.26. The first-order chi connectivity index (χ1) is 10.6. The summed E-state index contributed by atoms with van der Waals surface area (Å²) < 4.78 is 5.38. The van der Waals surface area contributed by atoms with Gasteiger partial charge in [-0.15, -0.1) is 24.0 Å². The summed E-state index contributed by atoms with van der Waals surface area (Å²) in [6.07, 6.45) is 5.44. The Bertz CT molecular complexity index is 353. The maximum absolute atomic E-state index is 5.38. The molecule has 1 aliphatic heterocycles. The number of ether oxygens (including phenoxy) is 1. The molecule has 1 saturated heterocycles. The summed E-state index contributed by atoms with van der Waals surface area (Å²) >= 11 is 0. The number of aliphatic imine (C=N–C) groups is 1. The number of morpholine rings is 1. The minimum absolute atomic E-state index is 0. The fourth-order valence-corrected chi connectivity index (χ4v) is 3.64. The van der Waals surface area contributed by atoms with Gasteiger partial charge in [-0.2, -0.15) is 0 Å². The van der Waals surface area contributed by atoms with Crippen molar-refractivity contribution >= 4 is 29.9 Å². The Morgan fingerprint density at radius 3 is 2.43 bits per heavy atom. The zero-order chi connectivity index (χ0) is 15.8. The van der Waals surface area contributed by atoms with Crippen LogP contribution in [0, 0.1) is 11.3 Å². The SMILES string of the molecule is CN=C(NCCN1CCOCC1)NCC1(CC(C)C)CCC1.I. The van der Waals surface area contributed by atoms with Crippen molar-refractivity contribution in [1.29, 1.82) is 0 Å². The van der Waals surface area contributed by atoms with E-state index in [1.54, 1.807) is 0 Å². The molecule has 136 valence electrons. The Balaban J connectivity index is 0.00000264. The van der Waals surface area contributed by atoms with Gasteiger partial charge in [-0.1, -0.05) is 20.3 Å². The highest BCUT2D eigenvalue weighted by Crippen LogP contribution is 2.45. The molecule has 23 heavy (non-hydrogen) atoms. The quantitative estimate of drug-likeness (QED) is 0.364. The summed E-state index contributed by atoms with van der Waals surface area (Å²) in [6.45, 7) is 11.5. The number of hydrogen-bond acceptors (Lipinski definition) is 3. The molecule has 0 radical (unpaired) electrons. The largest absolute Gasteiger partial charge is 0.379 e. The van der Waals surface area contributed by atoms with Crippen LogP contribution in [0.1, 0.15) is 39.5 Å². The zero-order valence-electron chi connectivity index (χ0n) is 15.1. The summed E-state index contributed by atoms with van der Waals surface area (Å²) in [5.74, 6) is 1.72. The average Bonchev–Trinajstić information content (AvgIpc) is 2.48. The monoisotopic (exact) mass is 438 g/mol. The first kappa shape index (κ1) is 21.0. The van der Waals surface area contributed by atoms with Crippen LogP contribution in [0.15, 0.2) is 4.99 Å².